The Morgan fingerprint density at radius 1 is 0.939 bits per heavy atom. The fourth-order valence-electron chi connectivity index (χ4n) is 3.51. The highest BCUT2D eigenvalue weighted by atomic mass is 35.5. The number of aromatic nitrogens is 3. The van der Waals surface area contributed by atoms with Crippen LogP contribution in [0, 0.1) is 0 Å². The lowest BCUT2D eigenvalue weighted by atomic mass is 10.2. The van der Waals surface area contributed by atoms with E-state index in [2.05, 4.69) is 20.7 Å². The molecule has 0 saturated carbocycles. The number of rotatable bonds is 3. The monoisotopic (exact) mass is 498 g/mol. The molecule has 0 saturated heterocycles. The predicted molar refractivity (Wildman–Crippen MR) is 127 cm³/mol. The molecule has 1 unspecified atom stereocenters. The molecule has 33 heavy (non-hydrogen) atoms. The van der Waals surface area contributed by atoms with Crippen molar-refractivity contribution in [3.63, 3.8) is 0 Å². The molecule has 0 radical (unpaired) electrons. The molecule has 1 N–H and O–H groups in total. The topological polar surface area (TPSA) is 92.5 Å². The summed E-state index contributed by atoms with van der Waals surface area (Å²) < 4.78 is 1.40. The van der Waals surface area contributed by atoms with Gasteiger partial charge in [0.15, 0.2) is 11.9 Å². The third-order valence-electron chi connectivity index (χ3n) is 5.00. The molecule has 1 aliphatic rings. The highest BCUT2D eigenvalue weighted by Gasteiger charge is 2.42. The number of hydrazone groups is 1. The van der Waals surface area contributed by atoms with Crippen LogP contribution in [0.4, 0.5) is 5.69 Å². The second-order valence-corrected chi connectivity index (χ2v) is 8.35. The number of anilines is 1. The molecule has 2 heterocycles. The number of carbonyl (C=O) groups excluding carboxylic acids is 2. The van der Waals surface area contributed by atoms with Crippen molar-refractivity contribution in [3.05, 3.63) is 87.4 Å². The SMILES string of the molecule is O=C(NC1=NN(c2c(Cl)cc(Cl)cc2Cl)C(=O)C1n1nnc2ccccc21)c1ccccc1. The van der Waals surface area contributed by atoms with E-state index in [0.29, 0.717) is 21.6 Å². The number of carbonyl (C=O) groups is 2. The molecule has 3 aromatic carbocycles. The van der Waals surface area contributed by atoms with Crippen molar-refractivity contribution in [3.8, 4) is 0 Å². The van der Waals surface area contributed by atoms with Crippen LogP contribution < -0.4 is 10.3 Å². The lowest BCUT2D eigenvalue weighted by Crippen LogP contribution is -2.38. The standard InChI is InChI=1S/C22H13Cl3N6O2/c23-13-10-14(24)18(15(25)11-13)31-22(33)19(30-17-9-5-4-8-16(17)27-29-30)20(28-31)26-21(32)12-6-2-1-3-7-12/h1-11,19H,(H,26,28,32). The van der Waals surface area contributed by atoms with Crippen LogP contribution in [0.15, 0.2) is 71.8 Å². The third-order valence-corrected chi connectivity index (χ3v) is 5.80. The fourth-order valence-corrected chi connectivity index (χ4v) is 4.49. The molecular formula is C22H13Cl3N6O2. The summed E-state index contributed by atoms with van der Waals surface area (Å²) in [6.45, 7) is 0. The Morgan fingerprint density at radius 3 is 2.33 bits per heavy atom. The maximum absolute atomic E-state index is 13.6. The van der Waals surface area contributed by atoms with Gasteiger partial charge in [0, 0.05) is 10.6 Å². The van der Waals surface area contributed by atoms with Crippen LogP contribution in [0.3, 0.4) is 0 Å². The average Bonchev–Trinajstić information content (AvgIpc) is 3.34. The first-order valence-corrected chi connectivity index (χ1v) is 10.8. The van der Waals surface area contributed by atoms with Crippen LogP contribution in [0.2, 0.25) is 15.1 Å². The molecular weight excluding hydrogens is 487 g/mol. The second-order valence-electron chi connectivity index (χ2n) is 7.10. The minimum Gasteiger partial charge on any atom is -0.306 e. The molecule has 4 aromatic rings. The van der Waals surface area contributed by atoms with E-state index in [1.165, 1.54) is 16.8 Å². The Hall–Kier alpha value is -3.46. The maximum atomic E-state index is 13.6. The molecule has 0 fully saturated rings. The van der Waals surface area contributed by atoms with Gasteiger partial charge in [-0.2, -0.15) is 5.01 Å². The second kappa shape index (κ2) is 8.47. The number of fused-ring (bicyclic) bond motifs is 1. The Labute approximate surface area is 202 Å². The normalized spacial score (nSPS) is 15.7. The molecule has 8 nitrogen and oxygen atoms in total. The van der Waals surface area contributed by atoms with Gasteiger partial charge in [-0.15, -0.1) is 10.2 Å². The molecule has 1 aromatic heterocycles. The summed E-state index contributed by atoms with van der Waals surface area (Å²) in [5.74, 6) is -0.918. The number of nitrogens with one attached hydrogen (secondary N) is 1. The molecule has 164 valence electrons. The van der Waals surface area contributed by atoms with Gasteiger partial charge in [-0.1, -0.05) is 70.3 Å². The van der Waals surface area contributed by atoms with Crippen LogP contribution in [0.25, 0.3) is 11.0 Å². The quantitative estimate of drug-likeness (QED) is 0.441. The number of amides is 2. The highest BCUT2D eigenvalue weighted by molar-refractivity contribution is 6.43. The fraction of sp³-hybridized carbons (Fsp3) is 0.0455. The summed E-state index contributed by atoms with van der Waals surface area (Å²) in [5.41, 5.74) is 1.72. The first kappa shape index (κ1) is 21.4. The van der Waals surface area contributed by atoms with Crippen molar-refractivity contribution < 1.29 is 9.59 Å². The van der Waals surface area contributed by atoms with Gasteiger partial charge in [-0.3, -0.25) is 9.59 Å². The minimum atomic E-state index is -1.10. The Morgan fingerprint density at radius 2 is 1.61 bits per heavy atom. The van der Waals surface area contributed by atoms with Gasteiger partial charge in [-0.25, -0.2) is 4.68 Å². The van der Waals surface area contributed by atoms with Gasteiger partial charge >= 0.3 is 0 Å². The average molecular weight is 500 g/mol. The molecule has 2 amide bonds. The van der Waals surface area contributed by atoms with Crippen LogP contribution in [-0.2, 0) is 4.79 Å². The predicted octanol–water partition coefficient (Wildman–Crippen LogP) is 4.72. The van der Waals surface area contributed by atoms with Gasteiger partial charge in [0.05, 0.1) is 15.6 Å². The molecule has 5 rings (SSSR count). The van der Waals surface area contributed by atoms with E-state index in [0.717, 1.165) is 5.01 Å². The van der Waals surface area contributed by atoms with E-state index in [-0.39, 0.29) is 21.6 Å². The highest BCUT2D eigenvalue weighted by Crippen LogP contribution is 2.40. The van der Waals surface area contributed by atoms with E-state index >= 15 is 0 Å². The van der Waals surface area contributed by atoms with Gasteiger partial charge in [0.1, 0.15) is 11.2 Å². The number of amidine groups is 1. The number of nitrogens with zero attached hydrogens (tertiary/aromatic N) is 5. The van der Waals surface area contributed by atoms with E-state index in [1.54, 1.807) is 48.5 Å². The Kier molecular flexibility index (Phi) is 5.49. The summed E-state index contributed by atoms with van der Waals surface area (Å²) in [6, 6.07) is 17.5. The molecule has 11 heteroatoms. The van der Waals surface area contributed by atoms with Crippen molar-refractivity contribution in [2.24, 2.45) is 5.10 Å². The number of benzene rings is 3. The van der Waals surface area contributed by atoms with E-state index in [1.807, 2.05) is 6.07 Å². The maximum Gasteiger partial charge on any atom is 0.280 e. The summed E-state index contributed by atoms with van der Waals surface area (Å²) in [5, 5.41) is 17.0. The van der Waals surface area contributed by atoms with Crippen molar-refractivity contribution >= 4 is 69.2 Å². The summed E-state index contributed by atoms with van der Waals surface area (Å²) in [4.78, 5) is 26.5. The first-order chi connectivity index (χ1) is 15.9. The summed E-state index contributed by atoms with van der Waals surface area (Å²) in [7, 11) is 0. The van der Waals surface area contributed by atoms with E-state index in [4.69, 9.17) is 34.8 Å². The van der Waals surface area contributed by atoms with Crippen LogP contribution in [0.1, 0.15) is 16.4 Å². The summed E-state index contributed by atoms with van der Waals surface area (Å²) in [6.07, 6.45) is 0. The van der Waals surface area contributed by atoms with Crippen molar-refractivity contribution in [1.29, 1.82) is 0 Å². The van der Waals surface area contributed by atoms with Crippen LogP contribution in [-0.4, -0.2) is 32.6 Å². The van der Waals surface area contributed by atoms with Crippen molar-refractivity contribution in [2.45, 2.75) is 6.04 Å². The molecule has 1 atom stereocenters. The van der Waals surface area contributed by atoms with Crippen LogP contribution >= 0.6 is 34.8 Å². The minimum absolute atomic E-state index is 0.0478. The van der Waals surface area contributed by atoms with E-state index < -0.39 is 17.9 Å². The Bertz CT molecular complexity index is 1410. The molecule has 1 aliphatic heterocycles. The van der Waals surface area contributed by atoms with Gasteiger partial charge in [0.2, 0.25) is 0 Å². The smallest absolute Gasteiger partial charge is 0.280 e. The Balaban J connectivity index is 1.62. The van der Waals surface area contributed by atoms with Gasteiger partial charge < -0.3 is 5.32 Å². The zero-order chi connectivity index (χ0) is 23.1. The molecule has 0 aliphatic carbocycles. The lowest BCUT2D eigenvalue weighted by molar-refractivity contribution is -0.119. The lowest BCUT2D eigenvalue weighted by Gasteiger charge is -2.17. The first-order valence-electron chi connectivity index (χ1n) is 9.67. The van der Waals surface area contributed by atoms with Gasteiger partial charge in [0.25, 0.3) is 11.8 Å². The van der Waals surface area contributed by atoms with Crippen molar-refractivity contribution in [2.75, 3.05) is 5.01 Å². The zero-order valence-electron chi connectivity index (χ0n) is 16.6. The number of halogens is 3. The van der Waals surface area contributed by atoms with Crippen molar-refractivity contribution in [1.82, 2.24) is 20.3 Å². The molecule has 0 spiro atoms. The third kappa shape index (κ3) is 3.82. The number of hydrogen-bond donors (Lipinski definition) is 1. The van der Waals surface area contributed by atoms with E-state index in [9.17, 15) is 9.59 Å². The number of para-hydroxylation sites is 1. The zero-order valence-corrected chi connectivity index (χ0v) is 18.9. The van der Waals surface area contributed by atoms with Gasteiger partial charge in [-0.05, 0) is 36.4 Å². The molecule has 0 bridgehead atoms. The summed E-state index contributed by atoms with van der Waals surface area (Å²) >= 11 is 18.7. The largest absolute Gasteiger partial charge is 0.306 e. The number of hydrogen-bond acceptors (Lipinski definition) is 5. The van der Waals surface area contributed by atoms with Crippen LogP contribution in [0.5, 0.6) is 0 Å².